The first-order valence-corrected chi connectivity index (χ1v) is 6.46. The van der Waals surface area contributed by atoms with E-state index in [1.54, 1.807) is 25.3 Å². The Hall–Kier alpha value is -1.66. The summed E-state index contributed by atoms with van der Waals surface area (Å²) in [5, 5.41) is 0. The molecule has 1 fully saturated rings. The first-order valence-electron chi connectivity index (χ1n) is 6.46. The smallest absolute Gasteiger partial charge is 0.272 e. The number of anilines is 1. The molecule has 3 N–H and O–H groups in total. The molecule has 6 heteroatoms. The second kappa shape index (κ2) is 6.49. The van der Waals surface area contributed by atoms with Crippen molar-refractivity contribution in [3.63, 3.8) is 0 Å². The van der Waals surface area contributed by atoms with Gasteiger partial charge in [0.2, 0.25) is 0 Å². The van der Waals surface area contributed by atoms with Crippen molar-refractivity contribution in [1.82, 2.24) is 9.88 Å². The van der Waals surface area contributed by atoms with Gasteiger partial charge in [-0.3, -0.25) is 4.79 Å². The Labute approximate surface area is 112 Å². The third-order valence-electron chi connectivity index (χ3n) is 3.42. The van der Waals surface area contributed by atoms with Crippen LogP contribution in [0.4, 0.5) is 5.82 Å². The van der Waals surface area contributed by atoms with Crippen molar-refractivity contribution >= 4 is 11.7 Å². The molecule has 0 aliphatic carbocycles. The maximum Gasteiger partial charge on any atom is 0.272 e. The molecule has 104 valence electrons. The number of hydrogen-bond donors (Lipinski definition) is 2. The van der Waals surface area contributed by atoms with Crippen LogP contribution in [0.25, 0.3) is 0 Å². The number of hydrazine groups is 1. The number of hydrogen-bond acceptors (Lipinski definition) is 5. The Balaban J connectivity index is 1.97. The predicted octanol–water partition coefficient (Wildman–Crippen LogP) is 0.866. The van der Waals surface area contributed by atoms with E-state index in [2.05, 4.69) is 10.4 Å². The number of methoxy groups -OCH3 is 1. The van der Waals surface area contributed by atoms with E-state index in [9.17, 15) is 4.79 Å². The summed E-state index contributed by atoms with van der Waals surface area (Å²) in [5.41, 5.74) is 2.88. The van der Waals surface area contributed by atoms with Crippen LogP contribution in [0.15, 0.2) is 18.2 Å². The van der Waals surface area contributed by atoms with E-state index >= 15 is 0 Å². The molecule has 0 bridgehead atoms. The monoisotopic (exact) mass is 264 g/mol. The maximum absolute atomic E-state index is 12.3. The van der Waals surface area contributed by atoms with Gasteiger partial charge in [0.15, 0.2) is 0 Å². The van der Waals surface area contributed by atoms with E-state index < -0.39 is 0 Å². The minimum absolute atomic E-state index is 0.0343. The van der Waals surface area contributed by atoms with Gasteiger partial charge in [-0.2, -0.15) is 0 Å². The molecule has 0 atom stereocenters. The van der Waals surface area contributed by atoms with Crippen LogP contribution in [-0.4, -0.2) is 42.6 Å². The average molecular weight is 264 g/mol. The highest BCUT2D eigenvalue weighted by Gasteiger charge is 2.24. The SMILES string of the molecule is COCC1CCN(C(=O)c2cccc(NN)n2)CC1. The molecule has 0 aromatic carbocycles. The van der Waals surface area contributed by atoms with Crippen LogP contribution in [0.1, 0.15) is 23.3 Å². The summed E-state index contributed by atoms with van der Waals surface area (Å²) >= 11 is 0. The molecule has 1 aromatic rings. The van der Waals surface area contributed by atoms with Crippen molar-refractivity contribution in [1.29, 1.82) is 0 Å². The van der Waals surface area contributed by atoms with E-state index in [1.165, 1.54) is 0 Å². The topological polar surface area (TPSA) is 80.5 Å². The highest BCUT2D eigenvalue weighted by Crippen LogP contribution is 2.19. The minimum atomic E-state index is -0.0343. The van der Waals surface area contributed by atoms with Crippen molar-refractivity contribution in [3.05, 3.63) is 23.9 Å². The summed E-state index contributed by atoms with van der Waals surface area (Å²) in [4.78, 5) is 18.3. The van der Waals surface area contributed by atoms with Crippen LogP contribution < -0.4 is 11.3 Å². The normalized spacial score (nSPS) is 16.4. The lowest BCUT2D eigenvalue weighted by Crippen LogP contribution is -2.39. The molecule has 1 aliphatic heterocycles. The third kappa shape index (κ3) is 3.42. The average Bonchev–Trinajstić information content (AvgIpc) is 2.48. The number of pyridine rings is 1. The molecular weight excluding hydrogens is 244 g/mol. The predicted molar refractivity (Wildman–Crippen MR) is 72.6 cm³/mol. The number of nitrogens with one attached hydrogen (secondary N) is 1. The molecule has 0 saturated carbocycles. The number of piperidine rings is 1. The van der Waals surface area contributed by atoms with Crippen LogP contribution in [0.2, 0.25) is 0 Å². The Morgan fingerprint density at radius 2 is 2.26 bits per heavy atom. The van der Waals surface area contributed by atoms with Crippen LogP contribution in [-0.2, 0) is 4.74 Å². The standard InChI is InChI=1S/C13H20N4O2/c1-19-9-10-5-7-17(8-6-10)13(18)11-3-2-4-12(15-11)16-14/h2-4,10H,5-9,14H2,1H3,(H,15,16). The Morgan fingerprint density at radius 1 is 1.53 bits per heavy atom. The highest BCUT2D eigenvalue weighted by molar-refractivity contribution is 5.92. The molecular formula is C13H20N4O2. The van der Waals surface area contributed by atoms with E-state index in [0.717, 1.165) is 32.5 Å². The fourth-order valence-corrected chi connectivity index (χ4v) is 2.33. The lowest BCUT2D eigenvalue weighted by atomic mass is 9.97. The van der Waals surface area contributed by atoms with E-state index in [-0.39, 0.29) is 5.91 Å². The zero-order valence-electron chi connectivity index (χ0n) is 11.1. The van der Waals surface area contributed by atoms with Crippen molar-refractivity contribution in [2.75, 3.05) is 32.2 Å². The lowest BCUT2D eigenvalue weighted by Gasteiger charge is -2.31. The maximum atomic E-state index is 12.3. The molecule has 1 amide bonds. The van der Waals surface area contributed by atoms with Crippen LogP contribution in [0.5, 0.6) is 0 Å². The van der Waals surface area contributed by atoms with Crippen molar-refractivity contribution < 1.29 is 9.53 Å². The summed E-state index contributed by atoms with van der Waals surface area (Å²) in [6, 6.07) is 5.21. The first-order chi connectivity index (χ1) is 9.24. The van der Waals surface area contributed by atoms with Gasteiger partial charge in [-0.05, 0) is 30.9 Å². The van der Waals surface area contributed by atoms with Gasteiger partial charge in [0.25, 0.3) is 5.91 Å². The molecule has 2 heterocycles. The number of nitrogens with zero attached hydrogens (tertiary/aromatic N) is 2. The van der Waals surface area contributed by atoms with Gasteiger partial charge in [-0.1, -0.05) is 6.07 Å². The Kier molecular flexibility index (Phi) is 4.70. The summed E-state index contributed by atoms with van der Waals surface area (Å²) < 4.78 is 5.15. The summed E-state index contributed by atoms with van der Waals surface area (Å²) in [7, 11) is 1.72. The molecule has 1 aromatic heterocycles. The second-order valence-electron chi connectivity index (χ2n) is 4.74. The fourth-order valence-electron chi connectivity index (χ4n) is 2.33. The molecule has 0 spiro atoms. The lowest BCUT2D eigenvalue weighted by molar-refractivity contribution is 0.0608. The quantitative estimate of drug-likeness (QED) is 0.623. The summed E-state index contributed by atoms with van der Waals surface area (Å²) in [6.07, 6.45) is 1.96. The minimum Gasteiger partial charge on any atom is -0.384 e. The summed E-state index contributed by atoms with van der Waals surface area (Å²) in [5.74, 6) is 6.32. The second-order valence-corrected chi connectivity index (χ2v) is 4.74. The van der Waals surface area contributed by atoms with E-state index in [4.69, 9.17) is 10.6 Å². The van der Waals surface area contributed by atoms with Gasteiger partial charge < -0.3 is 15.1 Å². The van der Waals surface area contributed by atoms with Crippen LogP contribution in [0, 0.1) is 5.92 Å². The number of nitrogen functional groups attached to an aromatic ring is 1. The number of nitrogens with two attached hydrogens (primary N) is 1. The van der Waals surface area contributed by atoms with Crippen molar-refractivity contribution in [2.45, 2.75) is 12.8 Å². The number of aromatic nitrogens is 1. The number of carbonyl (C=O) groups is 1. The summed E-state index contributed by atoms with van der Waals surface area (Å²) in [6.45, 7) is 2.29. The van der Waals surface area contributed by atoms with Crippen molar-refractivity contribution in [2.24, 2.45) is 11.8 Å². The van der Waals surface area contributed by atoms with Gasteiger partial charge >= 0.3 is 0 Å². The molecule has 6 nitrogen and oxygen atoms in total. The molecule has 0 unspecified atom stereocenters. The van der Waals surface area contributed by atoms with Gasteiger partial charge in [0, 0.05) is 26.8 Å². The Bertz CT molecular complexity index is 430. The number of amides is 1. The van der Waals surface area contributed by atoms with Gasteiger partial charge in [-0.15, -0.1) is 0 Å². The molecule has 2 rings (SSSR count). The zero-order chi connectivity index (χ0) is 13.7. The molecule has 0 radical (unpaired) electrons. The van der Waals surface area contributed by atoms with Crippen LogP contribution >= 0.6 is 0 Å². The van der Waals surface area contributed by atoms with Gasteiger partial charge in [-0.25, -0.2) is 10.8 Å². The highest BCUT2D eigenvalue weighted by atomic mass is 16.5. The number of rotatable bonds is 4. The molecule has 1 saturated heterocycles. The number of likely N-dealkylation sites (tertiary alicyclic amines) is 1. The molecule has 1 aliphatic rings. The number of ether oxygens (including phenoxy) is 1. The van der Waals surface area contributed by atoms with Crippen LogP contribution in [0.3, 0.4) is 0 Å². The van der Waals surface area contributed by atoms with E-state index in [0.29, 0.717) is 17.4 Å². The van der Waals surface area contributed by atoms with Crippen molar-refractivity contribution in [3.8, 4) is 0 Å². The van der Waals surface area contributed by atoms with Gasteiger partial charge in [0.05, 0.1) is 0 Å². The Morgan fingerprint density at radius 3 is 2.89 bits per heavy atom. The van der Waals surface area contributed by atoms with E-state index in [1.807, 2.05) is 4.90 Å². The molecule has 19 heavy (non-hydrogen) atoms. The zero-order valence-corrected chi connectivity index (χ0v) is 11.1. The first kappa shape index (κ1) is 13.8. The largest absolute Gasteiger partial charge is 0.384 e. The third-order valence-corrected chi connectivity index (χ3v) is 3.42. The fraction of sp³-hybridized carbons (Fsp3) is 0.538. The number of carbonyl (C=O) groups excluding carboxylic acids is 1. The van der Waals surface area contributed by atoms with Gasteiger partial charge in [0.1, 0.15) is 11.5 Å².